The van der Waals surface area contributed by atoms with Gasteiger partial charge in [-0.2, -0.15) is 0 Å². The summed E-state index contributed by atoms with van der Waals surface area (Å²) in [7, 11) is 0. The van der Waals surface area contributed by atoms with Gasteiger partial charge in [-0.3, -0.25) is 4.79 Å². The topological polar surface area (TPSA) is 54.0 Å². The van der Waals surface area contributed by atoms with Crippen LogP contribution in [0.2, 0.25) is 5.15 Å². The average Bonchev–Trinajstić information content (AvgIpc) is 3.13. The SMILES string of the molecule is O=C(Nc1cccc2c(Cl)nccc12)C1CNCC1c1ccccc1. The quantitative estimate of drug-likeness (QED) is 0.705. The van der Waals surface area contributed by atoms with Crippen LogP contribution in [0.3, 0.4) is 0 Å². The van der Waals surface area contributed by atoms with E-state index in [9.17, 15) is 4.79 Å². The van der Waals surface area contributed by atoms with Crippen molar-refractivity contribution in [1.29, 1.82) is 0 Å². The third-order valence-electron chi connectivity index (χ3n) is 4.79. The van der Waals surface area contributed by atoms with Crippen molar-refractivity contribution in [2.45, 2.75) is 5.92 Å². The van der Waals surface area contributed by atoms with E-state index in [4.69, 9.17) is 11.6 Å². The largest absolute Gasteiger partial charge is 0.325 e. The molecule has 1 amide bonds. The summed E-state index contributed by atoms with van der Waals surface area (Å²) in [6, 6.07) is 17.8. The maximum atomic E-state index is 12.9. The minimum absolute atomic E-state index is 0.0271. The van der Waals surface area contributed by atoms with E-state index in [2.05, 4.69) is 27.8 Å². The molecule has 2 N–H and O–H groups in total. The molecule has 0 saturated carbocycles. The summed E-state index contributed by atoms with van der Waals surface area (Å²) < 4.78 is 0. The summed E-state index contributed by atoms with van der Waals surface area (Å²) in [6.45, 7) is 1.49. The second-order valence-corrected chi connectivity index (χ2v) is 6.63. The lowest BCUT2D eigenvalue weighted by molar-refractivity contribution is -0.119. The van der Waals surface area contributed by atoms with Crippen molar-refractivity contribution in [3.8, 4) is 0 Å². The van der Waals surface area contributed by atoms with E-state index in [-0.39, 0.29) is 17.7 Å². The molecule has 0 aliphatic carbocycles. The molecule has 2 atom stereocenters. The Hall–Kier alpha value is -2.43. The molecule has 1 saturated heterocycles. The minimum Gasteiger partial charge on any atom is -0.325 e. The van der Waals surface area contributed by atoms with Crippen molar-refractivity contribution >= 4 is 34.0 Å². The highest BCUT2D eigenvalue weighted by molar-refractivity contribution is 6.34. The van der Waals surface area contributed by atoms with Gasteiger partial charge in [0.1, 0.15) is 5.15 Å². The van der Waals surface area contributed by atoms with Crippen LogP contribution in [0.25, 0.3) is 10.8 Å². The Balaban J connectivity index is 1.61. The Labute approximate surface area is 151 Å². The number of hydrogen-bond acceptors (Lipinski definition) is 3. The van der Waals surface area contributed by atoms with Gasteiger partial charge in [0.25, 0.3) is 0 Å². The Bertz CT molecular complexity index is 913. The molecule has 0 spiro atoms. The highest BCUT2D eigenvalue weighted by Gasteiger charge is 2.34. The van der Waals surface area contributed by atoms with Gasteiger partial charge in [-0.25, -0.2) is 4.98 Å². The van der Waals surface area contributed by atoms with Crippen LogP contribution in [0.5, 0.6) is 0 Å². The van der Waals surface area contributed by atoms with Crippen molar-refractivity contribution in [3.63, 3.8) is 0 Å². The van der Waals surface area contributed by atoms with Gasteiger partial charge < -0.3 is 10.6 Å². The second kappa shape index (κ2) is 6.82. The van der Waals surface area contributed by atoms with E-state index in [1.165, 1.54) is 5.56 Å². The first-order valence-corrected chi connectivity index (χ1v) is 8.71. The van der Waals surface area contributed by atoms with Crippen LogP contribution >= 0.6 is 11.6 Å². The maximum absolute atomic E-state index is 12.9. The summed E-state index contributed by atoms with van der Waals surface area (Å²) in [5, 5.41) is 8.61. The fourth-order valence-electron chi connectivity index (χ4n) is 3.51. The van der Waals surface area contributed by atoms with Crippen LogP contribution in [-0.2, 0) is 4.79 Å². The predicted molar refractivity (Wildman–Crippen MR) is 101 cm³/mol. The number of aromatic nitrogens is 1. The lowest BCUT2D eigenvalue weighted by atomic mass is 9.88. The summed E-state index contributed by atoms with van der Waals surface area (Å²) in [4.78, 5) is 17.0. The molecule has 2 aromatic carbocycles. The number of carbonyl (C=O) groups is 1. The molecule has 1 fully saturated rings. The monoisotopic (exact) mass is 351 g/mol. The number of rotatable bonds is 3. The van der Waals surface area contributed by atoms with Crippen molar-refractivity contribution < 1.29 is 4.79 Å². The number of nitrogens with zero attached hydrogens (tertiary/aromatic N) is 1. The molecule has 0 radical (unpaired) electrons. The molecule has 1 aliphatic heterocycles. The summed E-state index contributed by atoms with van der Waals surface area (Å²) in [5.41, 5.74) is 1.96. The van der Waals surface area contributed by atoms with Crippen LogP contribution in [0.15, 0.2) is 60.8 Å². The Morgan fingerprint density at radius 3 is 2.72 bits per heavy atom. The van der Waals surface area contributed by atoms with Gasteiger partial charge in [-0.1, -0.05) is 54.1 Å². The van der Waals surface area contributed by atoms with Crippen molar-refractivity contribution in [1.82, 2.24) is 10.3 Å². The van der Waals surface area contributed by atoms with Gasteiger partial charge in [0.2, 0.25) is 5.91 Å². The fourth-order valence-corrected chi connectivity index (χ4v) is 3.73. The van der Waals surface area contributed by atoms with E-state index in [0.717, 1.165) is 23.0 Å². The van der Waals surface area contributed by atoms with Gasteiger partial charge in [0.05, 0.1) is 5.92 Å². The fraction of sp³-hybridized carbons (Fsp3) is 0.200. The molecular formula is C20H18ClN3O. The smallest absolute Gasteiger partial charge is 0.229 e. The molecule has 126 valence electrons. The average molecular weight is 352 g/mol. The summed E-state index contributed by atoms with van der Waals surface area (Å²) in [6.07, 6.45) is 1.66. The lowest BCUT2D eigenvalue weighted by Crippen LogP contribution is -2.28. The Kier molecular flexibility index (Phi) is 4.38. The van der Waals surface area contributed by atoms with E-state index < -0.39 is 0 Å². The molecule has 3 aromatic rings. The van der Waals surface area contributed by atoms with Gasteiger partial charge in [0, 0.05) is 41.7 Å². The number of amides is 1. The lowest BCUT2D eigenvalue weighted by Gasteiger charge is -2.19. The highest BCUT2D eigenvalue weighted by atomic mass is 35.5. The number of halogens is 1. The van der Waals surface area contributed by atoms with Crippen LogP contribution in [-0.4, -0.2) is 24.0 Å². The maximum Gasteiger partial charge on any atom is 0.229 e. The number of fused-ring (bicyclic) bond motifs is 1. The zero-order chi connectivity index (χ0) is 17.2. The zero-order valence-corrected chi connectivity index (χ0v) is 14.3. The molecule has 4 nitrogen and oxygen atoms in total. The van der Waals surface area contributed by atoms with E-state index in [1.54, 1.807) is 6.20 Å². The normalized spacial score (nSPS) is 19.9. The molecule has 25 heavy (non-hydrogen) atoms. The molecule has 0 bridgehead atoms. The van der Waals surface area contributed by atoms with Gasteiger partial charge in [-0.15, -0.1) is 0 Å². The van der Waals surface area contributed by atoms with Crippen molar-refractivity contribution in [3.05, 3.63) is 71.5 Å². The molecule has 4 rings (SSSR count). The minimum atomic E-state index is -0.102. The van der Waals surface area contributed by atoms with Gasteiger partial charge in [0.15, 0.2) is 0 Å². The number of anilines is 1. The molecule has 2 heterocycles. The Morgan fingerprint density at radius 1 is 1.04 bits per heavy atom. The van der Waals surface area contributed by atoms with Crippen LogP contribution in [0.4, 0.5) is 5.69 Å². The number of carbonyl (C=O) groups excluding carboxylic acids is 1. The molecule has 1 aromatic heterocycles. The first-order chi connectivity index (χ1) is 12.2. The second-order valence-electron chi connectivity index (χ2n) is 6.27. The number of hydrogen-bond donors (Lipinski definition) is 2. The van der Waals surface area contributed by atoms with Crippen LogP contribution < -0.4 is 10.6 Å². The van der Waals surface area contributed by atoms with E-state index in [1.807, 2.05) is 42.5 Å². The van der Waals surface area contributed by atoms with Crippen molar-refractivity contribution in [2.24, 2.45) is 5.92 Å². The number of benzene rings is 2. The molecule has 2 unspecified atom stereocenters. The Morgan fingerprint density at radius 2 is 1.88 bits per heavy atom. The first-order valence-electron chi connectivity index (χ1n) is 8.34. The molecule has 5 heteroatoms. The van der Waals surface area contributed by atoms with Gasteiger partial charge in [-0.05, 0) is 17.7 Å². The summed E-state index contributed by atoms with van der Waals surface area (Å²) >= 11 is 6.16. The van der Waals surface area contributed by atoms with Crippen molar-refractivity contribution in [2.75, 3.05) is 18.4 Å². The summed E-state index contributed by atoms with van der Waals surface area (Å²) in [5.74, 6) is 0.107. The zero-order valence-electron chi connectivity index (χ0n) is 13.6. The number of pyridine rings is 1. The third kappa shape index (κ3) is 3.11. The number of nitrogens with one attached hydrogen (secondary N) is 2. The van der Waals surface area contributed by atoms with Crippen LogP contribution in [0, 0.1) is 5.92 Å². The third-order valence-corrected chi connectivity index (χ3v) is 5.10. The van der Waals surface area contributed by atoms with Crippen LogP contribution in [0.1, 0.15) is 11.5 Å². The molecule has 1 aliphatic rings. The first kappa shape index (κ1) is 16.1. The predicted octanol–water partition coefficient (Wildman–Crippen LogP) is 3.83. The van der Waals surface area contributed by atoms with E-state index in [0.29, 0.717) is 11.7 Å². The highest BCUT2D eigenvalue weighted by Crippen LogP contribution is 2.31. The van der Waals surface area contributed by atoms with E-state index >= 15 is 0 Å². The standard InChI is InChI=1S/C20H18ClN3O/c21-19-15-7-4-8-18(14(15)9-10-23-19)24-20(25)17-12-22-11-16(17)13-5-2-1-3-6-13/h1-10,16-17,22H,11-12H2,(H,24,25). The van der Waals surface area contributed by atoms with Gasteiger partial charge >= 0.3 is 0 Å². The molecular weight excluding hydrogens is 334 g/mol.